The number of benzene rings is 4. The Hall–Kier alpha value is -3.12. The number of rotatable bonds is 2. The van der Waals surface area contributed by atoms with E-state index >= 15 is 0 Å². The van der Waals surface area contributed by atoms with Crippen molar-refractivity contribution >= 4 is 0 Å². The molecule has 0 aliphatic heterocycles. The lowest BCUT2D eigenvalue weighted by molar-refractivity contribution is 0.660. The van der Waals surface area contributed by atoms with Crippen LogP contribution in [0.1, 0.15) is 30.5 Å². The van der Waals surface area contributed by atoms with E-state index in [1.807, 2.05) is 0 Å². The minimum atomic E-state index is 0.0357. The maximum absolute atomic E-state index is 2.40. The van der Waals surface area contributed by atoms with Gasteiger partial charge in [-0.25, -0.2) is 0 Å². The molecular weight excluding hydrogens is 336 g/mol. The lowest BCUT2D eigenvalue weighted by Crippen LogP contribution is -2.14. The molecule has 0 unspecified atom stereocenters. The van der Waals surface area contributed by atoms with Crippen LogP contribution in [-0.4, -0.2) is 0 Å². The molecule has 0 fully saturated rings. The second-order valence-electron chi connectivity index (χ2n) is 8.38. The van der Waals surface area contributed by atoms with Crippen LogP contribution >= 0.6 is 0 Å². The molecule has 0 aromatic heterocycles. The van der Waals surface area contributed by atoms with E-state index in [2.05, 4.69) is 112 Å². The van der Waals surface area contributed by atoms with Gasteiger partial charge in [0.15, 0.2) is 0 Å². The Morgan fingerprint density at radius 3 is 1.93 bits per heavy atom. The summed E-state index contributed by atoms with van der Waals surface area (Å²) in [6.45, 7) is 6.86. The van der Waals surface area contributed by atoms with Crippen LogP contribution in [0, 0.1) is 6.92 Å². The third kappa shape index (κ3) is 2.60. The normalized spacial score (nSPS) is 13.8. The van der Waals surface area contributed by atoms with E-state index in [1.165, 1.54) is 50.1 Å². The standard InChI is InChI=1S/C28H24/c1-19-15-22(20-9-5-4-6-10-20)17-23(16-19)21-13-14-25-24-11-7-8-12-26(24)28(2,3)27(25)18-21/h4-18H,1-3H3. The Kier molecular flexibility index (Phi) is 3.77. The summed E-state index contributed by atoms with van der Waals surface area (Å²) >= 11 is 0. The van der Waals surface area contributed by atoms with Crippen molar-refractivity contribution < 1.29 is 0 Å². The molecule has 136 valence electrons. The van der Waals surface area contributed by atoms with Crippen molar-refractivity contribution in [1.82, 2.24) is 0 Å². The van der Waals surface area contributed by atoms with Gasteiger partial charge in [-0.3, -0.25) is 0 Å². The van der Waals surface area contributed by atoms with Gasteiger partial charge in [-0.05, 0) is 69.1 Å². The zero-order chi connectivity index (χ0) is 19.3. The lowest BCUT2D eigenvalue weighted by Gasteiger charge is -2.22. The Labute approximate surface area is 167 Å². The molecule has 28 heavy (non-hydrogen) atoms. The summed E-state index contributed by atoms with van der Waals surface area (Å²) in [5.41, 5.74) is 12.1. The second-order valence-corrected chi connectivity index (χ2v) is 8.38. The van der Waals surface area contributed by atoms with E-state index in [0.717, 1.165) is 0 Å². The average Bonchev–Trinajstić information content (AvgIpc) is 2.95. The van der Waals surface area contributed by atoms with Crippen LogP contribution in [0.3, 0.4) is 0 Å². The molecule has 0 saturated heterocycles. The molecule has 5 rings (SSSR count). The predicted octanol–water partition coefficient (Wildman–Crippen LogP) is 7.64. The van der Waals surface area contributed by atoms with Crippen LogP contribution < -0.4 is 0 Å². The Morgan fingerprint density at radius 2 is 1.14 bits per heavy atom. The minimum absolute atomic E-state index is 0.0357. The molecule has 0 nitrogen and oxygen atoms in total. The SMILES string of the molecule is Cc1cc(-c2ccccc2)cc(-c2ccc3c(c2)C(C)(C)c2ccccc2-3)c1. The molecule has 0 amide bonds. The topological polar surface area (TPSA) is 0 Å². The van der Waals surface area contributed by atoms with Crippen molar-refractivity contribution in [3.63, 3.8) is 0 Å². The Morgan fingerprint density at radius 1 is 0.500 bits per heavy atom. The van der Waals surface area contributed by atoms with E-state index in [-0.39, 0.29) is 5.41 Å². The summed E-state index contributed by atoms with van der Waals surface area (Å²) in [6, 6.07) is 33.3. The first-order valence-electron chi connectivity index (χ1n) is 9.96. The first-order chi connectivity index (χ1) is 13.5. The molecule has 0 heteroatoms. The first-order valence-corrected chi connectivity index (χ1v) is 9.96. The maximum Gasteiger partial charge on any atom is 0.0159 e. The number of hydrogen-bond donors (Lipinski definition) is 0. The highest BCUT2D eigenvalue weighted by Crippen LogP contribution is 2.49. The van der Waals surface area contributed by atoms with Crippen LogP contribution in [0.5, 0.6) is 0 Å². The van der Waals surface area contributed by atoms with Gasteiger partial charge in [0.05, 0.1) is 0 Å². The van der Waals surface area contributed by atoms with Gasteiger partial charge in [-0.15, -0.1) is 0 Å². The van der Waals surface area contributed by atoms with Crippen molar-refractivity contribution in [3.05, 3.63) is 108 Å². The van der Waals surface area contributed by atoms with Crippen molar-refractivity contribution in [1.29, 1.82) is 0 Å². The van der Waals surface area contributed by atoms with Crippen molar-refractivity contribution in [2.45, 2.75) is 26.2 Å². The molecule has 0 saturated carbocycles. The van der Waals surface area contributed by atoms with Crippen LogP contribution in [0.2, 0.25) is 0 Å². The fourth-order valence-electron chi connectivity index (χ4n) is 4.63. The maximum atomic E-state index is 2.40. The summed E-state index contributed by atoms with van der Waals surface area (Å²) in [6.07, 6.45) is 0. The van der Waals surface area contributed by atoms with Gasteiger partial charge in [0.25, 0.3) is 0 Å². The molecule has 4 aromatic rings. The Balaban J connectivity index is 1.65. The van der Waals surface area contributed by atoms with E-state index < -0.39 is 0 Å². The average molecular weight is 361 g/mol. The minimum Gasteiger partial charge on any atom is -0.0622 e. The van der Waals surface area contributed by atoms with Crippen molar-refractivity contribution in [2.75, 3.05) is 0 Å². The molecule has 1 aliphatic rings. The smallest absolute Gasteiger partial charge is 0.0159 e. The molecule has 4 aromatic carbocycles. The van der Waals surface area contributed by atoms with Gasteiger partial charge in [0.1, 0.15) is 0 Å². The van der Waals surface area contributed by atoms with Crippen LogP contribution in [0.25, 0.3) is 33.4 Å². The molecular formula is C28H24. The number of aryl methyl sites for hydroxylation is 1. The van der Waals surface area contributed by atoms with Crippen LogP contribution in [0.15, 0.2) is 91.0 Å². The first kappa shape index (κ1) is 17.0. The third-order valence-electron chi connectivity index (χ3n) is 6.10. The molecule has 0 heterocycles. The molecule has 0 atom stereocenters. The lowest BCUT2D eigenvalue weighted by atomic mass is 9.81. The van der Waals surface area contributed by atoms with E-state index in [0.29, 0.717) is 0 Å². The van der Waals surface area contributed by atoms with Crippen LogP contribution in [-0.2, 0) is 5.41 Å². The van der Waals surface area contributed by atoms with Gasteiger partial charge in [-0.2, -0.15) is 0 Å². The fraction of sp³-hybridized carbons (Fsp3) is 0.143. The summed E-state index contributed by atoms with van der Waals surface area (Å²) in [4.78, 5) is 0. The van der Waals surface area contributed by atoms with Gasteiger partial charge in [0.2, 0.25) is 0 Å². The highest BCUT2D eigenvalue weighted by atomic mass is 14.4. The summed E-state index contributed by atoms with van der Waals surface area (Å²) in [5, 5.41) is 0. The molecule has 0 spiro atoms. The summed E-state index contributed by atoms with van der Waals surface area (Å²) < 4.78 is 0. The Bertz CT molecular complexity index is 1180. The summed E-state index contributed by atoms with van der Waals surface area (Å²) in [7, 11) is 0. The molecule has 0 N–H and O–H groups in total. The monoisotopic (exact) mass is 360 g/mol. The third-order valence-corrected chi connectivity index (χ3v) is 6.10. The largest absolute Gasteiger partial charge is 0.0622 e. The fourth-order valence-corrected chi connectivity index (χ4v) is 4.63. The highest BCUT2D eigenvalue weighted by Gasteiger charge is 2.35. The zero-order valence-corrected chi connectivity index (χ0v) is 16.7. The number of hydrogen-bond acceptors (Lipinski definition) is 0. The molecule has 0 radical (unpaired) electrons. The highest BCUT2D eigenvalue weighted by molar-refractivity contribution is 5.84. The van der Waals surface area contributed by atoms with Gasteiger partial charge >= 0.3 is 0 Å². The second kappa shape index (κ2) is 6.21. The van der Waals surface area contributed by atoms with Crippen molar-refractivity contribution in [2.24, 2.45) is 0 Å². The van der Waals surface area contributed by atoms with Gasteiger partial charge in [-0.1, -0.05) is 92.7 Å². The van der Waals surface area contributed by atoms with Crippen molar-refractivity contribution in [3.8, 4) is 33.4 Å². The number of fused-ring (bicyclic) bond motifs is 3. The molecule has 0 bridgehead atoms. The molecule has 1 aliphatic carbocycles. The van der Waals surface area contributed by atoms with Crippen LogP contribution in [0.4, 0.5) is 0 Å². The van der Waals surface area contributed by atoms with Gasteiger partial charge in [0, 0.05) is 5.41 Å². The predicted molar refractivity (Wildman–Crippen MR) is 120 cm³/mol. The quantitative estimate of drug-likeness (QED) is 0.344. The van der Waals surface area contributed by atoms with E-state index in [4.69, 9.17) is 0 Å². The summed E-state index contributed by atoms with van der Waals surface area (Å²) in [5.74, 6) is 0. The van der Waals surface area contributed by atoms with E-state index in [9.17, 15) is 0 Å². The van der Waals surface area contributed by atoms with Gasteiger partial charge < -0.3 is 0 Å². The van der Waals surface area contributed by atoms with E-state index in [1.54, 1.807) is 0 Å². The zero-order valence-electron chi connectivity index (χ0n) is 16.7.